The fourth-order valence-corrected chi connectivity index (χ4v) is 7.81. The molecule has 0 saturated heterocycles. The van der Waals surface area contributed by atoms with Crippen LogP contribution in [-0.2, 0) is 49.9 Å². The first kappa shape index (κ1) is 41.2. The molecule has 3 aromatic rings. The fourth-order valence-electron chi connectivity index (χ4n) is 6.66. The molecule has 1 heterocycles. The Balaban J connectivity index is 1.80. The van der Waals surface area contributed by atoms with E-state index in [-0.39, 0.29) is 32.5 Å². The standard InChI is InChI=1S/C46H69O4P/c1-41(2,3)32-25-30-24-31-26-33(42(4,5)6)28-37(46(16,17)18)40(31)50-51(49-39(30)36(27-32)45(13,14)15)48-21-19-20-29-22-34(43(7,8)9)38(47)35(23-29)44(10,11)12/h22-23,25-28,47H,19-21,24H2,1-18H3. The first-order valence-corrected chi connectivity index (χ1v) is 20.1. The van der Waals surface area contributed by atoms with Crippen molar-refractivity contribution in [2.45, 2.75) is 176 Å². The Morgan fingerprint density at radius 2 is 0.902 bits per heavy atom. The van der Waals surface area contributed by atoms with E-state index < -0.39 is 8.60 Å². The maximum atomic E-state index is 11.3. The van der Waals surface area contributed by atoms with Crippen LogP contribution in [0.1, 0.15) is 181 Å². The van der Waals surface area contributed by atoms with Gasteiger partial charge in [0.15, 0.2) is 0 Å². The summed E-state index contributed by atoms with van der Waals surface area (Å²) in [7, 11) is -1.77. The highest BCUT2D eigenvalue weighted by molar-refractivity contribution is 7.42. The van der Waals surface area contributed by atoms with Crippen molar-refractivity contribution in [1.82, 2.24) is 0 Å². The van der Waals surface area contributed by atoms with E-state index in [9.17, 15) is 5.11 Å². The lowest BCUT2D eigenvalue weighted by Crippen LogP contribution is -2.22. The first-order chi connectivity index (χ1) is 23.0. The number of phenolic OH excluding ortho intramolecular Hbond substituents is 1. The van der Waals surface area contributed by atoms with Crippen molar-refractivity contribution in [3.63, 3.8) is 0 Å². The van der Waals surface area contributed by atoms with Crippen LogP contribution in [0.3, 0.4) is 0 Å². The molecule has 0 saturated carbocycles. The molecule has 4 rings (SSSR count). The summed E-state index contributed by atoms with van der Waals surface area (Å²) in [6, 6.07) is 13.7. The average Bonchev–Trinajstić information content (AvgIpc) is 2.92. The number of phenols is 1. The molecule has 1 N–H and O–H groups in total. The van der Waals surface area contributed by atoms with Crippen LogP contribution in [-0.4, -0.2) is 11.7 Å². The Hall–Kier alpha value is -2.55. The van der Waals surface area contributed by atoms with Gasteiger partial charge in [-0.2, -0.15) is 0 Å². The fraction of sp³-hybridized carbons (Fsp3) is 0.609. The van der Waals surface area contributed by atoms with E-state index in [1.165, 1.54) is 38.9 Å². The molecule has 0 fully saturated rings. The summed E-state index contributed by atoms with van der Waals surface area (Å²) in [5.41, 5.74) is 9.89. The van der Waals surface area contributed by atoms with Crippen LogP contribution in [0.2, 0.25) is 0 Å². The number of benzene rings is 3. The molecule has 0 aliphatic carbocycles. The van der Waals surface area contributed by atoms with Crippen LogP contribution in [0.5, 0.6) is 17.2 Å². The predicted molar refractivity (Wildman–Crippen MR) is 218 cm³/mol. The van der Waals surface area contributed by atoms with Gasteiger partial charge in [0.05, 0.1) is 6.61 Å². The van der Waals surface area contributed by atoms with Crippen LogP contribution < -0.4 is 9.05 Å². The minimum Gasteiger partial charge on any atom is -0.507 e. The van der Waals surface area contributed by atoms with Gasteiger partial charge < -0.3 is 14.2 Å². The molecule has 4 nitrogen and oxygen atoms in total. The van der Waals surface area contributed by atoms with Gasteiger partial charge in [-0.25, -0.2) is 0 Å². The minimum atomic E-state index is -1.77. The Kier molecular flexibility index (Phi) is 11.3. The highest BCUT2D eigenvalue weighted by Gasteiger charge is 2.35. The zero-order valence-electron chi connectivity index (χ0n) is 35.4. The Bertz CT molecular complexity index is 1610. The molecule has 0 radical (unpaired) electrons. The molecular weight excluding hydrogens is 647 g/mol. The summed E-state index contributed by atoms with van der Waals surface area (Å²) in [5, 5.41) is 11.3. The molecule has 282 valence electrons. The Morgan fingerprint density at radius 3 is 1.24 bits per heavy atom. The zero-order chi connectivity index (χ0) is 38.7. The van der Waals surface area contributed by atoms with E-state index in [1.54, 1.807) is 0 Å². The van der Waals surface area contributed by atoms with Crippen LogP contribution >= 0.6 is 8.60 Å². The minimum absolute atomic E-state index is 0.0181. The maximum absolute atomic E-state index is 11.3. The van der Waals surface area contributed by atoms with Crippen LogP contribution in [0.15, 0.2) is 36.4 Å². The van der Waals surface area contributed by atoms with Crippen molar-refractivity contribution >= 4 is 8.60 Å². The summed E-state index contributed by atoms with van der Waals surface area (Å²) in [5.74, 6) is 2.21. The average molecular weight is 717 g/mol. The molecule has 0 unspecified atom stereocenters. The first-order valence-electron chi connectivity index (χ1n) is 19.0. The van der Waals surface area contributed by atoms with Gasteiger partial charge in [0.2, 0.25) is 0 Å². The summed E-state index contributed by atoms with van der Waals surface area (Å²) in [4.78, 5) is 0. The van der Waals surface area contributed by atoms with Crippen LogP contribution in [0.25, 0.3) is 0 Å². The van der Waals surface area contributed by atoms with Crippen molar-refractivity contribution in [1.29, 1.82) is 0 Å². The number of fused-ring (bicyclic) bond motifs is 2. The van der Waals surface area contributed by atoms with Crippen molar-refractivity contribution in [3.8, 4) is 17.2 Å². The van der Waals surface area contributed by atoms with Gasteiger partial charge in [-0.05, 0) is 84.3 Å². The Labute approximate surface area is 313 Å². The van der Waals surface area contributed by atoms with E-state index in [4.69, 9.17) is 13.6 Å². The third-order valence-corrected chi connectivity index (χ3v) is 11.0. The highest BCUT2D eigenvalue weighted by Crippen LogP contribution is 2.53. The molecule has 0 aromatic heterocycles. The van der Waals surface area contributed by atoms with Crippen molar-refractivity contribution < 1.29 is 18.7 Å². The zero-order valence-corrected chi connectivity index (χ0v) is 36.3. The van der Waals surface area contributed by atoms with Crippen molar-refractivity contribution in [3.05, 3.63) is 86.5 Å². The largest absolute Gasteiger partial charge is 0.507 e. The van der Waals surface area contributed by atoms with Crippen molar-refractivity contribution in [2.24, 2.45) is 0 Å². The van der Waals surface area contributed by atoms with Gasteiger partial charge in [0.25, 0.3) is 0 Å². The highest BCUT2D eigenvalue weighted by atomic mass is 31.2. The normalized spacial score (nSPS) is 15.0. The summed E-state index contributed by atoms with van der Waals surface area (Å²) in [6.07, 6.45) is 2.35. The third kappa shape index (κ3) is 9.71. The molecule has 0 spiro atoms. The van der Waals surface area contributed by atoms with Crippen LogP contribution in [0.4, 0.5) is 0 Å². The van der Waals surface area contributed by atoms with Gasteiger partial charge in [0.1, 0.15) is 17.2 Å². The van der Waals surface area contributed by atoms with Crippen LogP contribution in [0, 0.1) is 0 Å². The van der Waals surface area contributed by atoms with E-state index in [0.717, 1.165) is 41.9 Å². The number of aryl methyl sites for hydroxylation is 1. The molecule has 5 heteroatoms. The van der Waals surface area contributed by atoms with Gasteiger partial charge in [-0.3, -0.25) is 4.52 Å². The molecule has 1 aliphatic heterocycles. The van der Waals surface area contributed by atoms with Gasteiger partial charge in [-0.1, -0.05) is 161 Å². The van der Waals surface area contributed by atoms with E-state index in [0.29, 0.717) is 12.4 Å². The van der Waals surface area contributed by atoms with Gasteiger partial charge >= 0.3 is 8.60 Å². The summed E-state index contributed by atoms with van der Waals surface area (Å²) >= 11 is 0. The molecule has 3 aromatic carbocycles. The number of hydrogen-bond acceptors (Lipinski definition) is 4. The second-order valence-electron chi connectivity index (χ2n) is 21.1. The molecule has 0 amide bonds. The molecule has 1 aliphatic rings. The summed E-state index contributed by atoms with van der Waals surface area (Å²) < 4.78 is 20.6. The quantitative estimate of drug-likeness (QED) is 0.211. The molecule has 0 bridgehead atoms. The number of rotatable bonds is 5. The number of aromatic hydroxyl groups is 1. The smallest absolute Gasteiger partial charge is 0.463 e. The van der Waals surface area contributed by atoms with Crippen molar-refractivity contribution in [2.75, 3.05) is 6.61 Å². The predicted octanol–water partition coefficient (Wildman–Crippen LogP) is 13.4. The summed E-state index contributed by atoms with van der Waals surface area (Å²) in [6.45, 7) is 40.8. The number of hydrogen-bond donors (Lipinski definition) is 1. The topological polar surface area (TPSA) is 47.9 Å². The molecular formula is C46H69O4P. The van der Waals surface area contributed by atoms with Gasteiger partial charge in [-0.15, -0.1) is 0 Å². The second-order valence-corrected chi connectivity index (χ2v) is 22.2. The van der Waals surface area contributed by atoms with E-state index >= 15 is 0 Å². The lowest BCUT2D eigenvalue weighted by Gasteiger charge is -2.34. The second kappa shape index (κ2) is 14.0. The lowest BCUT2D eigenvalue weighted by atomic mass is 9.76. The van der Waals surface area contributed by atoms with Gasteiger partial charge in [0, 0.05) is 17.5 Å². The third-order valence-electron chi connectivity index (χ3n) is 9.98. The lowest BCUT2D eigenvalue weighted by molar-refractivity contribution is 0.257. The Morgan fingerprint density at radius 1 is 0.529 bits per heavy atom. The van der Waals surface area contributed by atoms with E-state index in [1.807, 2.05) is 0 Å². The monoisotopic (exact) mass is 716 g/mol. The molecule has 0 atom stereocenters. The SMILES string of the molecule is CC(C)(C)c1cc2c(c(C(C)(C)C)c1)OP(OCCCc1cc(C(C)(C)C)c(O)c(C(C)(C)C)c1)Oc1c(cc(C(C)(C)C)cc1C(C)(C)C)C2. The maximum Gasteiger partial charge on any atom is 0.463 e. The van der Waals surface area contributed by atoms with E-state index in [2.05, 4.69) is 161 Å². The molecule has 51 heavy (non-hydrogen) atoms.